The van der Waals surface area contributed by atoms with Gasteiger partial charge in [-0.1, -0.05) is 0 Å². The van der Waals surface area contributed by atoms with Crippen molar-refractivity contribution >= 4 is 6.03 Å². The molecule has 0 bridgehead atoms. The van der Waals surface area contributed by atoms with E-state index in [-0.39, 0.29) is 11.6 Å². The molecule has 5 heteroatoms. The van der Waals surface area contributed by atoms with Crippen LogP contribution in [0.3, 0.4) is 0 Å². The van der Waals surface area contributed by atoms with E-state index in [9.17, 15) is 4.79 Å². The minimum Gasteiger partial charge on any atom is -0.341 e. The summed E-state index contributed by atoms with van der Waals surface area (Å²) in [5, 5.41) is 8.83. The molecule has 0 atom stereocenters. The van der Waals surface area contributed by atoms with Crippen molar-refractivity contribution in [2.75, 3.05) is 39.8 Å². The van der Waals surface area contributed by atoms with Crippen LogP contribution in [-0.4, -0.2) is 56.2 Å². The minimum atomic E-state index is -0.183. The van der Waals surface area contributed by atoms with Crippen LogP contribution in [0, 0.1) is 0 Å². The van der Waals surface area contributed by atoms with Gasteiger partial charge in [0.1, 0.15) is 0 Å². The van der Waals surface area contributed by atoms with Gasteiger partial charge in [0.05, 0.1) is 0 Å². The van der Waals surface area contributed by atoms with E-state index >= 15 is 0 Å². The Labute approximate surface area is 91.6 Å². The molecule has 0 spiro atoms. The van der Waals surface area contributed by atoms with E-state index in [0.29, 0.717) is 0 Å². The Morgan fingerprint density at radius 1 is 1.40 bits per heavy atom. The molecule has 0 saturated carbocycles. The van der Waals surface area contributed by atoms with Gasteiger partial charge in [0, 0.05) is 45.3 Å². The van der Waals surface area contributed by atoms with Gasteiger partial charge in [-0.2, -0.15) is 0 Å². The summed E-state index contributed by atoms with van der Waals surface area (Å²) in [6.07, 6.45) is 0. The molecule has 88 valence electrons. The Balaban J connectivity index is 2.36. The highest BCUT2D eigenvalue weighted by atomic mass is 16.2. The predicted octanol–water partition coefficient (Wildman–Crippen LogP) is -0.401. The quantitative estimate of drug-likeness (QED) is 0.599. The number of nitrogens with one attached hydrogen (secondary N) is 3. The van der Waals surface area contributed by atoms with Crippen molar-refractivity contribution in [1.29, 1.82) is 0 Å². The van der Waals surface area contributed by atoms with Crippen LogP contribution in [0.4, 0.5) is 4.79 Å². The molecule has 3 N–H and O–H groups in total. The van der Waals surface area contributed by atoms with E-state index in [1.54, 1.807) is 7.05 Å². The Morgan fingerprint density at radius 3 is 2.53 bits per heavy atom. The number of urea groups is 1. The van der Waals surface area contributed by atoms with Gasteiger partial charge in [-0.25, -0.2) is 4.79 Å². The van der Waals surface area contributed by atoms with Gasteiger partial charge >= 0.3 is 6.03 Å². The van der Waals surface area contributed by atoms with Gasteiger partial charge in [0.2, 0.25) is 0 Å². The van der Waals surface area contributed by atoms with Crippen molar-refractivity contribution in [1.82, 2.24) is 20.9 Å². The normalized spacial score (nSPS) is 18.6. The highest BCUT2D eigenvalue weighted by Crippen LogP contribution is 2.06. The molecule has 1 aliphatic heterocycles. The Hall–Kier alpha value is -0.810. The maximum atomic E-state index is 11.2. The lowest BCUT2D eigenvalue weighted by Crippen LogP contribution is -2.56. The van der Waals surface area contributed by atoms with E-state index in [4.69, 9.17) is 0 Å². The highest BCUT2D eigenvalue weighted by molar-refractivity contribution is 5.74. The molecule has 2 amide bonds. The van der Waals surface area contributed by atoms with Crippen molar-refractivity contribution in [3.05, 3.63) is 0 Å². The summed E-state index contributed by atoms with van der Waals surface area (Å²) in [7, 11) is 1.64. The molecular weight excluding hydrogens is 192 g/mol. The number of hydrogen-bond acceptors (Lipinski definition) is 3. The van der Waals surface area contributed by atoms with Crippen LogP contribution in [0.2, 0.25) is 0 Å². The summed E-state index contributed by atoms with van der Waals surface area (Å²) in [5.74, 6) is 0. The molecule has 1 rings (SSSR count). The van der Waals surface area contributed by atoms with E-state index in [2.05, 4.69) is 20.9 Å². The van der Waals surface area contributed by atoms with Crippen LogP contribution in [0.1, 0.15) is 13.8 Å². The molecule has 0 aliphatic carbocycles. The van der Waals surface area contributed by atoms with E-state index in [0.717, 1.165) is 32.7 Å². The first-order valence-electron chi connectivity index (χ1n) is 5.46. The number of amides is 2. The zero-order chi connectivity index (χ0) is 11.3. The van der Waals surface area contributed by atoms with E-state index in [1.165, 1.54) is 0 Å². The molecule has 5 nitrogen and oxygen atoms in total. The number of rotatable bonds is 3. The number of nitrogens with zero attached hydrogens (tertiary/aromatic N) is 1. The molecule has 1 aliphatic rings. The first kappa shape index (κ1) is 12.3. The van der Waals surface area contributed by atoms with Crippen LogP contribution in [0.15, 0.2) is 0 Å². The van der Waals surface area contributed by atoms with Gasteiger partial charge in [-0.3, -0.25) is 4.90 Å². The topological polar surface area (TPSA) is 56.4 Å². The van der Waals surface area contributed by atoms with E-state index in [1.807, 2.05) is 13.8 Å². The summed E-state index contributed by atoms with van der Waals surface area (Å²) in [4.78, 5) is 13.6. The molecule has 1 saturated heterocycles. The van der Waals surface area contributed by atoms with Crippen molar-refractivity contribution in [3.8, 4) is 0 Å². The summed E-state index contributed by atoms with van der Waals surface area (Å²) in [6, 6.07) is -0.116. The summed E-state index contributed by atoms with van der Waals surface area (Å²) >= 11 is 0. The maximum absolute atomic E-state index is 11.2. The fourth-order valence-electron chi connectivity index (χ4n) is 1.84. The van der Waals surface area contributed by atoms with Crippen molar-refractivity contribution < 1.29 is 4.79 Å². The average molecular weight is 214 g/mol. The Kier molecular flexibility index (Phi) is 4.35. The van der Waals surface area contributed by atoms with Crippen molar-refractivity contribution in [2.45, 2.75) is 19.4 Å². The van der Waals surface area contributed by atoms with Gasteiger partial charge < -0.3 is 16.0 Å². The van der Waals surface area contributed by atoms with Gasteiger partial charge in [-0.15, -0.1) is 0 Å². The molecule has 0 radical (unpaired) electrons. The Bertz CT molecular complexity index is 211. The zero-order valence-electron chi connectivity index (χ0n) is 9.89. The standard InChI is InChI=1S/C10H22N4O/c1-10(2,13-9(15)11-3)8-14-6-4-12-5-7-14/h12H,4-8H2,1-3H3,(H2,11,13,15). The second-order valence-corrected chi connectivity index (χ2v) is 4.61. The van der Waals surface area contributed by atoms with Gasteiger partial charge in [-0.05, 0) is 13.8 Å². The maximum Gasteiger partial charge on any atom is 0.314 e. The van der Waals surface area contributed by atoms with E-state index < -0.39 is 0 Å². The lowest BCUT2D eigenvalue weighted by Gasteiger charge is -2.35. The smallest absolute Gasteiger partial charge is 0.314 e. The monoisotopic (exact) mass is 214 g/mol. The fourth-order valence-corrected chi connectivity index (χ4v) is 1.84. The molecule has 0 aromatic heterocycles. The lowest BCUT2D eigenvalue weighted by atomic mass is 10.0. The number of piperazine rings is 1. The van der Waals surface area contributed by atoms with Crippen LogP contribution in [-0.2, 0) is 0 Å². The number of carbonyl (C=O) groups is 1. The molecule has 1 heterocycles. The highest BCUT2D eigenvalue weighted by Gasteiger charge is 2.24. The summed E-state index contributed by atoms with van der Waals surface area (Å²) in [5.41, 5.74) is -0.183. The van der Waals surface area contributed by atoms with Crippen LogP contribution in [0.5, 0.6) is 0 Å². The third-order valence-electron chi connectivity index (χ3n) is 2.51. The second kappa shape index (κ2) is 5.32. The van der Waals surface area contributed by atoms with Crippen molar-refractivity contribution in [3.63, 3.8) is 0 Å². The molecule has 1 fully saturated rings. The average Bonchev–Trinajstić information content (AvgIpc) is 2.17. The third-order valence-corrected chi connectivity index (χ3v) is 2.51. The summed E-state index contributed by atoms with van der Waals surface area (Å²) < 4.78 is 0. The van der Waals surface area contributed by atoms with Crippen LogP contribution < -0.4 is 16.0 Å². The fraction of sp³-hybridized carbons (Fsp3) is 0.900. The molecule has 0 aromatic carbocycles. The zero-order valence-corrected chi connectivity index (χ0v) is 9.89. The molecule has 0 aromatic rings. The Morgan fingerprint density at radius 2 is 2.00 bits per heavy atom. The number of carbonyl (C=O) groups excluding carboxylic acids is 1. The van der Waals surface area contributed by atoms with Crippen LogP contribution >= 0.6 is 0 Å². The van der Waals surface area contributed by atoms with Gasteiger partial charge in [0.15, 0.2) is 0 Å². The molecular formula is C10H22N4O. The third kappa shape index (κ3) is 4.48. The first-order chi connectivity index (χ1) is 7.03. The predicted molar refractivity (Wildman–Crippen MR) is 61.0 cm³/mol. The first-order valence-corrected chi connectivity index (χ1v) is 5.46. The second-order valence-electron chi connectivity index (χ2n) is 4.61. The minimum absolute atomic E-state index is 0.116. The number of hydrogen-bond donors (Lipinski definition) is 3. The largest absolute Gasteiger partial charge is 0.341 e. The molecule has 0 unspecified atom stereocenters. The summed E-state index contributed by atoms with van der Waals surface area (Å²) in [6.45, 7) is 9.17. The SMILES string of the molecule is CNC(=O)NC(C)(C)CN1CCNCC1. The molecule has 15 heavy (non-hydrogen) atoms. The van der Waals surface area contributed by atoms with Gasteiger partial charge in [0.25, 0.3) is 0 Å². The van der Waals surface area contributed by atoms with Crippen molar-refractivity contribution in [2.24, 2.45) is 0 Å². The lowest BCUT2D eigenvalue weighted by molar-refractivity contribution is 0.178. The van der Waals surface area contributed by atoms with Crippen LogP contribution in [0.25, 0.3) is 0 Å².